The van der Waals surface area contributed by atoms with Crippen LogP contribution >= 0.6 is 0 Å². The number of likely N-dealkylation sites (N-methyl/N-ethyl adjacent to an activating group) is 1. The average molecular weight is 235 g/mol. The monoisotopic (exact) mass is 235 g/mol. The second kappa shape index (κ2) is 5.58. The summed E-state index contributed by atoms with van der Waals surface area (Å²) in [4.78, 5) is 6.75. The Labute approximate surface area is 103 Å². The highest BCUT2D eigenvalue weighted by molar-refractivity contribution is 5.13. The van der Waals surface area contributed by atoms with Crippen LogP contribution < -0.4 is 5.73 Å². The van der Waals surface area contributed by atoms with Crippen molar-refractivity contribution in [1.82, 2.24) is 9.88 Å². The molecule has 2 unspecified atom stereocenters. The van der Waals surface area contributed by atoms with Crippen molar-refractivity contribution in [1.29, 1.82) is 0 Å². The molecule has 1 aliphatic rings. The molecule has 2 heterocycles. The quantitative estimate of drug-likeness (QED) is 0.850. The molecular formula is C13H21N3O. The lowest BCUT2D eigenvalue weighted by Gasteiger charge is -2.26. The number of pyridine rings is 1. The van der Waals surface area contributed by atoms with Crippen LogP contribution in [-0.4, -0.2) is 35.7 Å². The highest BCUT2D eigenvalue weighted by Crippen LogP contribution is 2.19. The third-order valence-electron chi connectivity index (χ3n) is 3.44. The molecule has 1 saturated heterocycles. The van der Waals surface area contributed by atoms with E-state index >= 15 is 0 Å². The number of nitrogens with two attached hydrogens (primary N) is 1. The highest BCUT2D eigenvalue weighted by Gasteiger charge is 2.27. The van der Waals surface area contributed by atoms with E-state index in [1.54, 1.807) is 0 Å². The summed E-state index contributed by atoms with van der Waals surface area (Å²) >= 11 is 0. The molecule has 2 N–H and O–H groups in total. The molecule has 94 valence electrons. The molecular weight excluding hydrogens is 214 g/mol. The van der Waals surface area contributed by atoms with Crippen LogP contribution in [0.2, 0.25) is 0 Å². The lowest BCUT2D eigenvalue weighted by atomic mass is 10.1. The van der Waals surface area contributed by atoms with Crippen LogP contribution in [0, 0.1) is 0 Å². The molecule has 2 atom stereocenters. The number of ether oxygens (including phenoxy) is 1. The Hall–Kier alpha value is -0.970. The Morgan fingerprint density at radius 2 is 2.35 bits per heavy atom. The number of rotatable bonds is 4. The van der Waals surface area contributed by atoms with Crippen LogP contribution in [0.5, 0.6) is 0 Å². The van der Waals surface area contributed by atoms with Crippen molar-refractivity contribution in [2.24, 2.45) is 5.73 Å². The average Bonchev–Trinajstić information content (AvgIpc) is 2.76. The van der Waals surface area contributed by atoms with Crippen molar-refractivity contribution in [3.05, 3.63) is 29.6 Å². The maximum absolute atomic E-state index is 5.58. The molecule has 4 nitrogen and oxygen atoms in total. The van der Waals surface area contributed by atoms with Gasteiger partial charge in [-0.3, -0.25) is 9.88 Å². The molecule has 1 aliphatic heterocycles. The van der Waals surface area contributed by atoms with Crippen LogP contribution in [0.15, 0.2) is 18.3 Å². The van der Waals surface area contributed by atoms with E-state index in [-0.39, 0.29) is 0 Å². The first-order valence-corrected chi connectivity index (χ1v) is 6.16. The van der Waals surface area contributed by atoms with Gasteiger partial charge in [-0.05, 0) is 32.0 Å². The molecule has 0 aliphatic carbocycles. The minimum Gasteiger partial charge on any atom is -0.377 e. The summed E-state index contributed by atoms with van der Waals surface area (Å²) in [5.74, 6) is 0. The molecule has 4 heteroatoms. The summed E-state index contributed by atoms with van der Waals surface area (Å²) in [5, 5.41) is 0. The largest absolute Gasteiger partial charge is 0.377 e. The van der Waals surface area contributed by atoms with Crippen LogP contribution in [-0.2, 0) is 17.8 Å². The molecule has 0 saturated carbocycles. The van der Waals surface area contributed by atoms with Gasteiger partial charge in [0.1, 0.15) is 0 Å². The normalized spacial score (nSPS) is 24.5. The molecule has 0 spiro atoms. The van der Waals surface area contributed by atoms with E-state index in [1.165, 1.54) is 0 Å². The van der Waals surface area contributed by atoms with Crippen molar-refractivity contribution >= 4 is 0 Å². The molecule has 0 amide bonds. The highest BCUT2D eigenvalue weighted by atomic mass is 16.5. The van der Waals surface area contributed by atoms with Gasteiger partial charge in [0.15, 0.2) is 0 Å². The second-order valence-electron chi connectivity index (χ2n) is 4.71. The molecule has 1 fully saturated rings. The van der Waals surface area contributed by atoms with E-state index in [0.717, 1.165) is 30.8 Å². The minimum atomic E-state index is 0.323. The van der Waals surface area contributed by atoms with Gasteiger partial charge in [0.05, 0.1) is 11.8 Å². The molecule has 0 radical (unpaired) electrons. The van der Waals surface area contributed by atoms with E-state index in [9.17, 15) is 0 Å². The molecule has 17 heavy (non-hydrogen) atoms. The van der Waals surface area contributed by atoms with Gasteiger partial charge >= 0.3 is 0 Å². The van der Waals surface area contributed by atoms with E-state index in [2.05, 4.69) is 29.9 Å². The first-order chi connectivity index (χ1) is 8.20. The number of nitrogens with zero attached hydrogens (tertiary/aromatic N) is 2. The molecule has 1 aromatic heterocycles. The number of aromatic nitrogens is 1. The fourth-order valence-corrected chi connectivity index (χ4v) is 2.34. The van der Waals surface area contributed by atoms with Gasteiger partial charge in [-0.15, -0.1) is 0 Å². The summed E-state index contributed by atoms with van der Waals surface area (Å²) in [6.45, 7) is 4.43. The van der Waals surface area contributed by atoms with Gasteiger partial charge < -0.3 is 10.5 Å². The summed E-state index contributed by atoms with van der Waals surface area (Å²) in [6, 6.07) is 4.61. The van der Waals surface area contributed by atoms with Crippen molar-refractivity contribution in [2.45, 2.75) is 38.6 Å². The summed E-state index contributed by atoms with van der Waals surface area (Å²) in [7, 11) is 2.13. The smallest absolute Gasteiger partial charge is 0.0703 e. The van der Waals surface area contributed by atoms with E-state index < -0.39 is 0 Å². The fraction of sp³-hybridized carbons (Fsp3) is 0.615. The third kappa shape index (κ3) is 3.03. The van der Waals surface area contributed by atoms with Gasteiger partial charge in [-0.2, -0.15) is 0 Å². The third-order valence-corrected chi connectivity index (χ3v) is 3.44. The maximum atomic E-state index is 5.58. The van der Waals surface area contributed by atoms with Crippen LogP contribution in [0.25, 0.3) is 0 Å². The first kappa shape index (κ1) is 12.5. The van der Waals surface area contributed by atoms with Crippen molar-refractivity contribution in [3.8, 4) is 0 Å². The zero-order valence-corrected chi connectivity index (χ0v) is 10.6. The number of hydrogen-bond acceptors (Lipinski definition) is 4. The topological polar surface area (TPSA) is 51.4 Å². The summed E-state index contributed by atoms with van der Waals surface area (Å²) in [5.41, 5.74) is 7.72. The van der Waals surface area contributed by atoms with Crippen molar-refractivity contribution < 1.29 is 4.74 Å². The van der Waals surface area contributed by atoms with Crippen LogP contribution in [0.3, 0.4) is 0 Å². The lowest BCUT2D eigenvalue weighted by molar-refractivity contribution is 0.0810. The Kier molecular flexibility index (Phi) is 4.10. The Morgan fingerprint density at radius 1 is 1.53 bits per heavy atom. The van der Waals surface area contributed by atoms with Gasteiger partial charge in [-0.25, -0.2) is 0 Å². The molecule has 0 aromatic carbocycles. The molecule has 0 bridgehead atoms. The Balaban J connectivity index is 1.95. The van der Waals surface area contributed by atoms with E-state index in [1.807, 2.05) is 12.3 Å². The zero-order chi connectivity index (χ0) is 12.3. The summed E-state index contributed by atoms with van der Waals surface area (Å²) < 4.78 is 5.58. The van der Waals surface area contributed by atoms with E-state index in [4.69, 9.17) is 10.5 Å². The van der Waals surface area contributed by atoms with Crippen molar-refractivity contribution in [3.63, 3.8) is 0 Å². The summed E-state index contributed by atoms with van der Waals surface area (Å²) in [6.07, 6.45) is 3.29. The predicted molar refractivity (Wildman–Crippen MR) is 67.4 cm³/mol. The molecule has 1 aromatic rings. The van der Waals surface area contributed by atoms with Gasteiger partial charge in [0, 0.05) is 31.9 Å². The number of hydrogen-bond donors (Lipinski definition) is 1. The SMILES string of the molecule is CC1OCCC1N(C)Cc1ccc(CN)cn1. The lowest BCUT2D eigenvalue weighted by Crippen LogP contribution is -2.36. The first-order valence-electron chi connectivity index (χ1n) is 6.16. The predicted octanol–water partition coefficient (Wildman–Crippen LogP) is 1.15. The molecule has 2 rings (SSSR count). The van der Waals surface area contributed by atoms with Crippen molar-refractivity contribution in [2.75, 3.05) is 13.7 Å². The minimum absolute atomic E-state index is 0.323. The van der Waals surface area contributed by atoms with Gasteiger partial charge in [-0.1, -0.05) is 6.07 Å². The fourth-order valence-electron chi connectivity index (χ4n) is 2.34. The standard InChI is InChI=1S/C13H21N3O/c1-10-13(5-6-17-10)16(2)9-12-4-3-11(7-14)8-15-12/h3-4,8,10,13H,5-7,9,14H2,1-2H3. The Bertz CT molecular complexity index is 352. The van der Waals surface area contributed by atoms with Crippen LogP contribution in [0.1, 0.15) is 24.6 Å². The maximum Gasteiger partial charge on any atom is 0.0703 e. The second-order valence-corrected chi connectivity index (χ2v) is 4.71. The van der Waals surface area contributed by atoms with Gasteiger partial charge in [0.25, 0.3) is 0 Å². The van der Waals surface area contributed by atoms with Crippen LogP contribution in [0.4, 0.5) is 0 Å². The van der Waals surface area contributed by atoms with E-state index in [0.29, 0.717) is 18.7 Å². The Morgan fingerprint density at radius 3 is 2.88 bits per heavy atom. The zero-order valence-electron chi connectivity index (χ0n) is 10.6. The van der Waals surface area contributed by atoms with Gasteiger partial charge in [0.2, 0.25) is 0 Å².